The van der Waals surface area contributed by atoms with Gasteiger partial charge >= 0.3 is 0 Å². The van der Waals surface area contributed by atoms with Crippen molar-refractivity contribution in [1.82, 2.24) is 5.32 Å². The Hall–Kier alpha value is -1.02. The molecule has 0 bridgehead atoms. The Morgan fingerprint density at radius 1 is 1.24 bits per heavy atom. The molecule has 1 aromatic rings. The van der Waals surface area contributed by atoms with Crippen molar-refractivity contribution < 1.29 is 4.74 Å². The quantitative estimate of drug-likeness (QED) is 0.843. The number of rotatable bonds is 5. The Kier molecular flexibility index (Phi) is 4.43. The smallest absolute Gasteiger partial charge is 0.119 e. The summed E-state index contributed by atoms with van der Waals surface area (Å²) in [5.41, 5.74) is 1.28. The number of likely N-dealkylation sites (N-methyl/N-ethyl adjacent to an activating group) is 1. The van der Waals surface area contributed by atoms with Crippen LogP contribution < -0.4 is 10.1 Å². The molecular weight excluding hydrogens is 210 g/mol. The highest BCUT2D eigenvalue weighted by molar-refractivity contribution is 5.26. The Labute approximate surface area is 104 Å². The van der Waals surface area contributed by atoms with Crippen molar-refractivity contribution in [3.05, 3.63) is 29.8 Å². The summed E-state index contributed by atoms with van der Waals surface area (Å²) in [6, 6.07) is 8.80. The first kappa shape index (κ1) is 12.4. The summed E-state index contributed by atoms with van der Waals surface area (Å²) in [5.74, 6) is 1.78. The van der Waals surface area contributed by atoms with E-state index in [0.29, 0.717) is 6.04 Å². The fourth-order valence-electron chi connectivity index (χ4n) is 2.64. The normalized spacial score (nSPS) is 18.2. The van der Waals surface area contributed by atoms with E-state index < -0.39 is 0 Å². The molecule has 1 aromatic carbocycles. The van der Waals surface area contributed by atoms with Crippen LogP contribution in [0.2, 0.25) is 0 Å². The fraction of sp³-hybridized carbons (Fsp3) is 0.600. The summed E-state index contributed by atoms with van der Waals surface area (Å²) < 4.78 is 5.86. The molecule has 1 fully saturated rings. The molecule has 1 atom stereocenters. The molecule has 2 heteroatoms. The number of nitrogens with one attached hydrogen (secondary N) is 1. The van der Waals surface area contributed by atoms with Gasteiger partial charge in [0.05, 0.1) is 0 Å². The van der Waals surface area contributed by atoms with Gasteiger partial charge in [-0.05, 0) is 44.9 Å². The number of aryl methyl sites for hydroxylation is 1. The summed E-state index contributed by atoms with van der Waals surface area (Å²) in [6.45, 7) is 2.88. The number of hydrogen-bond acceptors (Lipinski definition) is 2. The number of hydrogen-bond donors (Lipinski definition) is 1. The van der Waals surface area contributed by atoms with Gasteiger partial charge in [-0.1, -0.05) is 30.5 Å². The van der Waals surface area contributed by atoms with Crippen LogP contribution in [-0.4, -0.2) is 19.7 Å². The lowest BCUT2D eigenvalue weighted by atomic mass is 9.99. The van der Waals surface area contributed by atoms with Crippen LogP contribution in [0.4, 0.5) is 0 Å². The first-order valence-corrected chi connectivity index (χ1v) is 6.66. The molecule has 1 aliphatic rings. The monoisotopic (exact) mass is 233 g/mol. The minimum absolute atomic E-state index is 0.499. The van der Waals surface area contributed by atoms with E-state index in [4.69, 9.17) is 4.74 Å². The predicted molar refractivity (Wildman–Crippen MR) is 71.5 cm³/mol. The van der Waals surface area contributed by atoms with Gasteiger partial charge < -0.3 is 10.1 Å². The molecule has 0 heterocycles. The topological polar surface area (TPSA) is 21.3 Å². The lowest BCUT2D eigenvalue weighted by Crippen LogP contribution is -2.37. The summed E-state index contributed by atoms with van der Waals surface area (Å²) in [6.07, 6.45) is 5.46. The van der Waals surface area contributed by atoms with E-state index in [1.54, 1.807) is 0 Å². The van der Waals surface area contributed by atoms with Gasteiger partial charge in [0.25, 0.3) is 0 Å². The molecule has 94 valence electrons. The Bertz CT molecular complexity index is 327. The van der Waals surface area contributed by atoms with Crippen molar-refractivity contribution in [2.24, 2.45) is 5.92 Å². The molecule has 0 radical (unpaired) electrons. The van der Waals surface area contributed by atoms with Crippen LogP contribution in [0.5, 0.6) is 5.75 Å². The minimum Gasteiger partial charge on any atom is -0.492 e. The first-order valence-electron chi connectivity index (χ1n) is 6.66. The second-order valence-corrected chi connectivity index (χ2v) is 5.06. The van der Waals surface area contributed by atoms with Crippen molar-refractivity contribution in [2.75, 3.05) is 13.7 Å². The summed E-state index contributed by atoms with van der Waals surface area (Å²) >= 11 is 0. The second-order valence-electron chi connectivity index (χ2n) is 5.06. The molecule has 0 amide bonds. The van der Waals surface area contributed by atoms with E-state index in [0.717, 1.165) is 18.3 Å². The molecule has 17 heavy (non-hydrogen) atoms. The Morgan fingerprint density at radius 2 is 1.88 bits per heavy atom. The van der Waals surface area contributed by atoms with Crippen LogP contribution >= 0.6 is 0 Å². The zero-order valence-electron chi connectivity index (χ0n) is 10.9. The van der Waals surface area contributed by atoms with E-state index >= 15 is 0 Å². The molecule has 0 aliphatic heterocycles. The van der Waals surface area contributed by atoms with Gasteiger partial charge in [-0.25, -0.2) is 0 Å². The maximum atomic E-state index is 5.86. The molecule has 0 saturated heterocycles. The van der Waals surface area contributed by atoms with E-state index in [2.05, 4.69) is 36.5 Å². The highest BCUT2D eigenvalue weighted by Crippen LogP contribution is 2.28. The summed E-state index contributed by atoms with van der Waals surface area (Å²) in [7, 11) is 2.04. The van der Waals surface area contributed by atoms with Gasteiger partial charge in [-0.2, -0.15) is 0 Å². The summed E-state index contributed by atoms with van der Waals surface area (Å²) in [5, 5.41) is 3.40. The number of ether oxygens (including phenoxy) is 1. The lowest BCUT2D eigenvalue weighted by Gasteiger charge is -2.23. The highest BCUT2D eigenvalue weighted by Gasteiger charge is 2.24. The van der Waals surface area contributed by atoms with Crippen molar-refractivity contribution in [1.29, 1.82) is 0 Å². The third kappa shape index (κ3) is 3.47. The van der Waals surface area contributed by atoms with Crippen LogP contribution in [0.3, 0.4) is 0 Å². The molecule has 2 nitrogen and oxygen atoms in total. The van der Waals surface area contributed by atoms with Crippen molar-refractivity contribution >= 4 is 0 Å². The Morgan fingerprint density at radius 3 is 2.47 bits per heavy atom. The molecule has 1 unspecified atom stereocenters. The van der Waals surface area contributed by atoms with Gasteiger partial charge in [-0.3, -0.25) is 0 Å². The van der Waals surface area contributed by atoms with Gasteiger partial charge in [0.2, 0.25) is 0 Å². The van der Waals surface area contributed by atoms with E-state index in [1.807, 2.05) is 7.05 Å². The largest absolute Gasteiger partial charge is 0.492 e. The van der Waals surface area contributed by atoms with E-state index in [9.17, 15) is 0 Å². The van der Waals surface area contributed by atoms with Crippen LogP contribution in [0, 0.1) is 12.8 Å². The van der Waals surface area contributed by atoms with Gasteiger partial charge in [0.15, 0.2) is 0 Å². The SMILES string of the molecule is CNC(COc1ccc(C)cc1)C1CCCC1. The predicted octanol–water partition coefficient (Wildman–Crippen LogP) is 3.15. The molecule has 0 aromatic heterocycles. The average molecular weight is 233 g/mol. The van der Waals surface area contributed by atoms with Crippen molar-refractivity contribution in [3.8, 4) is 5.75 Å². The number of benzene rings is 1. The standard InChI is InChI=1S/C15H23NO/c1-12-7-9-14(10-8-12)17-11-15(16-2)13-5-3-4-6-13/h7-10,13,15-16H,3-6,11H2,1-2H3. The highest BCUT2D eigenvalue weighted by atomic mass is 16.5. The summed E-state index contributed by atoms with van der Waals surface area (Å²) in [4.78, 5) is 0. The lowest BCUT2D eigenvalue weighted by molar-refractivity contribution is 0.225. The van der Waals surface area contributed by atoms with E-state index in [-0.39, 0.29) is 0 Å². The van der Waals surface area contributed by atoms with Crippen LogP contribution in [0.25, 0.3) is 0 Å². The van der Waals surface area contributed by atoms with Crippen LogP contribution in [0.1, 0.15) is 31.2 Å². The molecule has 1 N–H and O–H groups in total. The van der Waals surface area contributed by atoms with Gasteiger partial charge in [0, 0.05) is 6.04 Å². The second kappa shape index (κ2) is 6.06. The zero-order valence-corrected chi connectivity index (χ0v) is 10.9. The molecule has 0 spiro atoms. The molecule has 2 rings (SSSR count). The Balaban J connectivity index is 1.84. The van der Waals surface area contributed by atoms with E-state index in [1.165, 1.54) is 31.2 Å². The van der Waals surface area contributed by atoms with Crippen LogP contribution in [-0.2, 0) is 0 Å². The maximum Gasteiger partial charge on any atom is 0.119 e. The minimum atomic E-state index is 0.499. The first-order chi connectivity index (χ1) is 8.29. The molecule has 1 saturated carbocycles. The maximum absolute atomic E-state index is 5.86. The van der Waals surface area contributed by atoms with Gasteiger partial charge in [0.1, 0.15) is 12.4 Å². The third-order valence-corrected chi connectivity index (χ3v) is 3.79. The zero-order chi connectivity index (χ0) is 12.1. The van der Waals surface area contributed by atoms with Crippen LogP contribution in [0.15, 0.2) is 24.3 Å². The third-order valence-electron chi connectivity index (χ3n) is 3.79. The molecular formula is C15H23NO. The van der Waals surface area contributed by atoms with Gasteiger partial charge in [-0.15, -0.1) is 0 Å². The van der Waals surface area contributed by atoms with Crippen molar-refractivity contribution in [3.63, 3.8) is 0 Å². The fourth-order valence-corrected chi connectivity index (χ4v) is 2.64. The average Bonchev–Trinajstić information content (AvgIpc) is 2.86. The van der Waals surface area contributed by atoms with Crippen molar-refractivity contribution in [2.45, 2.75) is 38.6 Å². The molecule has 1 aliphatic carbocycles.